The number of fused-ring (bicyclic) bond motifs is 1. The van der Waals surface area contributed by atoms with E-state index in [0.29, 0.717) is 42.7 Å². The van der Waals surface area contributed by atoms with Crippen LogP contribution in [0.5, 0.6) is 0 Å². The average molecular weight is 542 g/mol. The van der Waals surface area contributed by atoms with Crippen LogP contribution in [0.15, 0.2) is 85.1 Å². The number of amides is 2. The summed E-state index contributed by atoms with van der Waals surface area (Å²) in [5.74, 6) is -1.49. The molecular formula is C33H33F2N3O2. The van der Waals surface area contributed by atoms with Crippen LogP contribution in [0.3, 0.4) is 0 Å². The van der Waals surface area contributed by atoms with Gasteiger partial charge in [-0.1, -0.05) is 63.2 Å². The van der Waals surface area contributed by atoms with Crippen LogP contribution in [0.1, 0.15) is 65.2 Å². The first-order valence-corrected chi connectivity index (χ1v) is 13.5. The van der Waals surface area contributed by atoms with E-state index in [1.165, 1.54) is 11.0 Å². The van der Waals surface area contributed by atoms with Gasteiger partial charge in [-0.15, -0.1) is 0 Å². The molecule has 2 amide bonds. The number of nitrogens with zero attached hydrogens (tertiary/aromatic N) is 2. The molecule has 4 aromatic rings. The van der Waals surface area contributed by atoms with Crippen molar-refractivity contribution in [2.24, 2.45) is 5.41 Å². The zero-order chi connectivity index (χ0) is 28.4. The summed E-state index contributed by atoms with van der Waals surface area (Å²) >= 11 is 0. The van der Waals surface area contributed by atoms with Crippen molar-refractivity contribution in [2.45, 2.75) is 39.8 Å². The normalized spacial score (nSPS) is 14.1. The number of hydrogen-bond donors (Lipinski definition) is 1. The maximum atomic E-state index is 14.8. The van der Waals surface area contributed by atoms with Crippen LogP contribution in [0.4, 0.5) is 8.78 Å². The third-order valence-corrected chi connectivity index (χ3v) is 7.31. The smallest absolute Gasteiger partial charge is 0.261 e. The van der Waals surface area contributed by atoms with Crippen molar-refractivity contribution in [3.8, 4) is 11.1 Å². The minimum absolute atomic E-state index is 0.149. The lowest BCUT2D eigenvalue weighted by Gasteiger charge is -2.33. The predicted molar refractivity (Wildman–Crippen MR) is 152 cm³/mol. The van der Waals surface area contributed by atoms with Crippen LogP contribution in [0, 0.1) is 17.0 Å². The van der Waals surface area contributed by atoms with Crippen molar-refractivity contribution >= 4 is 11.8 Å². The lowest BCUT2D eigenvalue weighted by Crippen LogP contribution is -2.37. The Bertz CT molecular complexity index is 1500. The molecule has 0 unspecified atom stereocenters. The van der Waals surface area contributed by atoms with E-state index in [2.05, 4.69) is 30.7 Å². The molecule has 0 saturated heterocycles. The number of imide groups is 1. The number of benzene rings is 3. The Morgan fingerprint density at radius 1 is 0.825 bits per heavy atom. The van der Waals surface area contributed by atoms with Gasteiger partial charge in [0.2, 0.25) is 0 Å². The highest BCUT2D eigenvalue weighted by Crippen LogP contribution is 2.37. The number of rotatable bonds is 9. The van der Waals surface area contributed by atoms with Gasteiger partial charge >= 0.3 is 0 Å². The van der Waals surface area contributed by atoms with Crippen molar-refractivity contribution in [2.75, 3.05) is 13.1 Å². The SMILES string of the molecule is CC(C)(C)[C@@H](NCCCN1C(=O)c2ccccc2C1=O)c1cc(-c2cc(F)ccc2F)cn1Cc1ccccc1. The van der Waals surface area contributed by atoms with Gasteiger partial charge in [0.1, 0.15) is 11.6 Å². The van der Waals surface area contributed by atoms with Gasteiger partial charge in [0.25, 0.3) is 11.8 Å². The van der Waals surface area contributed by atoms with E-state index >= 15 is 0 Å². The molecule has 206 valence electrons. The second kappa shape index (κ2) is 11.2. The van der Waals surface area contributed by atoms with Gasteiger partial charge in [-0.3, -0.25) is 14.5 Å². The van der Waals surface area contributed by atoms with Crippen LogP contribution in [-0.2, 0) is 6.54 Å². The molecule has 7 heteroatoms. The number of halogens is 2. The van der Waals surface area contributed by atoms with Crippen molar-refractivity contribution in [1.82, 2.24) is 14.8 Å². The molecule has 0 radical (unpaired) electrons. The summed E-state index contributed by atoms with van der Waals surface area (Å²) in [7, 11) is 0. The van der Waals surface area contributed by atoms with E-state index in [-0.39, 0.29) is 28.8 Å². The Hall–Kier alpha value is -4.10. The summed E-state index contributed by atoms with van der Waals surface area (Å²) in [6, 6.07) is 22.1. The maximum absolute atomic E-state index is 14.8. The molecule has 5 rings (SSSR count). The van der Waals surface area contributed by atoms with Crippen molar-refractivity contribution in [3.63, 3.8) is 0 Å². The Morgan fingerprint density at radius 3 is 2.12 bits per heavy atom. The highest BCUT2D eigenvalue weighted by atomic mass is 19.1. The second-order valence-electron chi connectivity index (χ2n) is 11.3. The summed E-state index contributed by atoms with van der Waals surface area (Å²) in [5, 5.41) is 3.63. The number of hydrogen-bond acceptors (Lipinski definition) is 3. The van der Waals surface area contributed by atoms with E-state index in [9.17, 15) is 18.4 Å². The summed E-state index contributed by atoms with van der Waals surface area (Å²) in [4.78, 5) is 26.8. The fourth-order valence-electron chi connectivity index (χ4n) is 5.33. The Kier molecular flexibility index (Phi) is 7.68. The van der Waals surface area contributed by atoms with Crippen LogP contribution in [0.2, 0.25) is 0 Å². The van der Waals surface area contributed by atoms with Crippen LogP contribution >= 0.6 is 0 Å². The first kappa shape index (κ1) is 27.5. The van der Waals surface area contributed by atoms with Crippen LogP contribution in [0.25, 0.3) is 11.1 Å². The molecule has 0 saturated carbocycles. The molecule has 1 atom stereocenters. The van der Waals surface area contributed by atoms with E-state index in [4.69, 9.17) is 0 Å². The van der Waals surface area contributed by atoms with Crippen LogP contribution < -0.4 is 5.32 Å². The monoisotopic (exact) mass is 541 g/mol. The largest absolute Gasteiger partial charge is 0.345 e. The zero-order valence-electron chi connectivity index (χ0n) is 23.0. The Morgan fingerprint density at radius 2 is 1.48 bits per heavy atom. The summed E-state index contributed by atoms with van der Waals surface area (Å²) in [5.41, 5.74) is 3.50. The molecule has 5 nitrogen and oxygen atoms in total. The van der Waals surface area contributed by atoms with Crippen molar-refractivity contribution < 1.29 is 18.4 Å². The number of carbonyl (C=O) groups is 2. The van der Waals surface area contributed by atoms with Gasteiger partial charge in [0.15, 0.2) is 0 Å². The van der Waals surface area contributed by atoms with Gasteiger partial charge in [-0.05, 0) is 60.3 Å². The summed E-state index contributed by atoms with van der Waals surface area (Å²) < 4.78 is 30.9. The first-order chi connectivity index (χ1) is 19.1. The molecule has 1 N–H and O–H groups in total. The molecule has 1 aromatic heterocycles. The molecular weight excluding hydrogens is 508 g/mol. The Labute approximate surface area is 233 Å². The summed E-state index contributed by atoms with van der Waals surface area (Å²) in [6.45, 7) is 7.79. The minimum atomic E-state index is -0.493. The maximum Gasteiger partial charge on any atom is 0.261 e. The molecule has 0 fully saturated rings. The lowest BCUT2D eigenvalue weighted by atomic mass is 9.84. The van der Waals surface area contributed by atoms with Gasteiger partial charge < -0.3 is 9.88 Å². The van der Waals surface area contributed by atoms with Gasteiger partial charge in [-0.2, -0.15) is 0 Å². The fourth-order valence-corrected chi connectivity index (χ4v) is 5.33. The van der Waals surface area contributed by atoms with E-state index in [1.807, 2.05) is 42.6 Å². The minimum Gasteiger partial charge on any atom is -0.345 e. The van der Waals surface area contributed by atoms with Crippen LogP contribution in [-0.4, -0.2) is 34.4 Å². The number of nitrogens with one attached hydrogen (secondary N) is 1. The van der Waals surface area contributed by atoms with Gasteiger partial charge in [0.05, 0.1) is 17.2 Å². The Balaban J connectivity index is 1.39. The molecule has 2 heterocycles. The third kappa shape index (κ3) is 5.61. The zero-order valence-corrected chi connectivity index (χ0v) is 23.0. The lowest BCUT2D eigenvalue weighted by molar-refractivity contribution is 0.0651. The first-order valence-electron chi connectivity index (χ1n) is 13.5. The third-order valence-electron chi connectivity index (χ3n) is 7.31. The molecule has 1 aliphatic rings. The molecule has 0 bridgehead atoms. The fraction of sp³-hybridized carbons (Fsp3) is 0.273. The summed E-state index contributed by atoms with van der Waals surface area (Å²) in [6.07, 6.45) is 2.45. The number of carbonyl (C=O) groups excluding carboxylic acids is 2. The van der Waals surface area contributed by atoms with E-state index < -0.39 is 11.6 Å². The van der Waals surface area contributed by atoms with Gasteiger partial charge in [0, 0.05) is 36.1 Å². The number of aromatic nitrogens is 1. The van der Waals surface area contributed by atoms with E-state index in [0.717, 1.165) is 23.4 Å². The second-order valence-corrected chi connectivity index (χ2v) is 11.3. The molecule has 3 aromatic carbocycles. The highest BCUT2D eigenvalue weighted by Gasteiger charge is 2.35. The van der Waals surface area contributed by atoms with E-state index in [1.54, 1.807) is 24.3 Å². The molecule has 0 aliphatic carbocycles. The molecule has 0 spiro atoms. The topological polar surface area (TPSA) is 54.3 Å². The highest BCUT2D eigenvalue weighted by molar-refractivity contribution is 6.21. The molecule has 1 aliphatic heterocycles. The van der Waals surface area contributed by atoms with Gasteiger partial charge in [-0.25, -0.2) is 8.78 Å². The van der Waals surface area contributed by atoms with Crippen molar-refractivity contribution in [3.05, 3.63) is 119 Å². The predicted octanol–water partition coefficient (Wildman–Crippen LogP) is 6.84. The standard InChI is InChI=1S/C33H33F2N3O2/c1-33(2,3)30(36-16-9-17-38-31(39)25-12-7-8-13-26(25)32(38)40)29-18-23(27-19-24(34)14-15-28(27)35)21-37(29)20-22-10-5-4-6-11-22/h4-8,10-15,18-19,21,30,36H,9,16-17,20H2,1-3H3/t30-/m0/s1. The average Bonchev–Trinajstić information content (AvgIpc) is 3.44. The quantitative estimate of drug-likeness (QED) is 0.186. The molecule has 40 heavy (non-hydrogen) atoms. The van der Waals surface area contributed by atoms with Crippen molar-refractivity contribution in [1.29, 1.82) is 0 Å².